The van der Waals surface area contributed by atoms with Gasteiger partial charge in [0.15, 0.2) is 11.6 Å². The highest BCUT2D eigenvalue weighted by Crippen LogP contribution is 2.34. The Morgan fingerprint density at radius 2 is 1.42 bits per heavy atom. The Kier molecular flexibility index (Phi) is 7.73. The Hall–Kier alpha value is -3.34. The van der Waals surface area contributed by atoms with E-state index in [0.717, 1.165) is 19.4 Å². The van der Waals surface area contributed by atoms with Crippen molar-refractivity contribution in [1.29, 1.82) is 0 Å². The number of aliphatic hydroxyl groups excluding tert-OH is 2. The minimum absolute atomic E-state index is 0.0751. The summed E-state index contributed by atoms with van der Waals surface area (Å²) in [5, 5.41) is 27.0. The number of β-amino-alcohol motifs (C(OH)–C–C–N with tert-alkyl or cyclic N) is 1. The van der Waals surface area contributed by atoms with Gasteiger partial charge in [-0.25, -0.2) is 9.36 Å². The minimum Gasteiger partial charge on any atom is -0.394 e. The molecule has 38 heavy (non-hydrogen) atoms. The Bertz CT molecular complexity index is 1380. The van der Waals surface area contributed by atoms with E-state index in [9.17, 15) is 10.2 Å². The van der Waals surface area contributed by atoms with Gasteiger partial charge in [0, 0.05) is 44.4 Å². The van der Waals surface area contributed by atoms with Gasteiger partial charge in [0.2, 0.25) is 0 Å². The van der Waals surface area contributed by atoms with Crippen LogP contribution in [0, 0.1) is 0 Å². The molecule has 0 bridgehead atoms. The van der Waals surface area contributed by atoms with Gasteiger partial charge in [-0.2, -0.15) is 30.1 Å². The van der Waals surface area contributed by atoms with Gasteiger partial charge in [-0.3, -0.25) is 0 Å². The van der Waals surface area contributed by atoms with Crippen molar-refractivity contribution in [1.82, 2.24) is 39.5 Å². The van der Waals surface area contributed by atoms with E-state index in [4.69, 9.17) is 11.5 Å². The lowest BCUT2D eigenvalue weighted by Crippen LogP contribution is -2.51. The first kappa shape index (κ1) is 26.3. The predicted octanol–water partition coefficient (Wildman–Crippen LogP) is 1.16. The van der Waals surface area contributed by atoms with Crippen LogP contribution in [0.5, 0.6) is 0 Å². The number of hydrogen-bond donors (Lipinski definition) is 4. The van der Waals surface area contributed by atoms with Crippen LogP contribution in [0.4, 0.5) is 23.3 Å². The number of halogens is 2. The summed E-state index contributed by atoms with van der Waals surface area (Å²) in [6.07, 6.45) is 8.49. The molecule has 1 unspecified atom stereocenters. The summed E-state index contributed by atoms with van der Waals surface area (Å²) in [5.74, 6) is 2.94. The van der Waals surface area contributed by atoms with E-state index >= 15 is 0 Å². The predicted molar refractivity (Wildman–Crippen MR) is 148 cm³/mol. The Morgan fingerprint density at radius 3 is 1.92 bits per heavy atom. The second kappa shape index (κ2) is 11.2. The molecule has 6 N–H and O–H groups in total. The summed E-state index contributed by atoms with van der Waals surface area (Å²) < 4.78 is 4.41. The summed E-state index contributed by atoms with van der Waals surface area (Å²) in [7, 11) is 0. The van der Waals surface area contributed by atoms with E-state index in [1.807, 2.05) is 4.90 Å². The van der Waals surface area contributed by atoms with Crippen molar-refractivity contribution in [3.63, 3.8) is 0 Å². The molecule has 6 rings (SSSR count). The van der Waals surface area contributed by atoms with Crippen LogP contribution in [0.15, 0.2) is 45.9 Å². The Labute approximate surface area is 234 Å². The molecule has 14 nitrogen and oxygen atoms in total. The average Bonchev–Trinajstić information content (AvgIpc) is 3.68. The third kappa shape index (κ3) is 5.29. The molecule has 2 saturated heterocycles. The van der Waals surface area contributed by atoms with Crippen LogP contribution in [-0.4, -0.2) is 88.1 Å². The number of nitrogens with zero attached hydrogens (tertiary/aromatic N) is 10. The van der Waals surface area contributed by atoms with E-state index in [1.165, 1.54) is 0 Å². The van der Waals surface area contributed by atoms with Gasteiger partial charge in [0.25, 0.3) is 11.9 Å². The van der Waals surface area contributed by atoms with Crippen molar-refractivity contribution >= 4 is 55.1 Å². The third-order valence-electron chi connectivity index (χ3n) is 6.14. The van der Waals surface area contributed by atoms with Crippen LogP contribution >= 0.6 is 31.9 Å². The van der Waals surface area contributed by atoms with Gasteiger partial charge in [0.1, 0.15) is 20.6 Å². The lowest BCUT2D eigenvalue weighted by molar-refractivity contribution is 0.141. The average molecular weight is 650 g/mol. The largest absolute Gasteiger partial charge is 0.394 e. The van der Waals surface area contributed by atoms with Crippen molar-refractivity contribution < 1.29 is 10.2 Å². The molecule has 1 atom stereocenters. The molecular weight excluding hydrogens is 624 g/mol. The highest BCUT2D eigenvalue weighted by Gasteiger charge is 2.29. The topological polar surface area (TPSA) is 186 Å². The summed E-state index contributed by atoms with van der Waals surface area (Å²) in [4.78, 5) is 21.3. The molecule has 0 spiro atoms. The molecule has 2 aliphatic heterocycles. The fourth-order valence-corrected chi connectivity index (χ4v) is 5.03. The van der Waals surface area contributed by atoms with Gasteiger partial charge in [0.05, 0.1) is 18.8 Å². The molecule has 4 aromatic heterocycles. The van der Waals surface area contributed by atoms with E-state index in [1.54, 1.807) is 46.3 Å². The molecule has 2 fully saturated rings. The quantitative estimate of drug-likeness (QED) is 0.242. The zero-order valence-corrected chi connectivity index (χ0v) is 23.3. The van der Waals surface area contributed by atoms with Gasteiger partial charge < -0.3 is 31.5 Å². The second-order valence-electron chi connectivity index (χ2n) is 8.72. The molecule has 200 valence electrons. The van der Waals surface area contributed by atoms with Crippen LogP contribution in [0.25, 0.3) is 11.9 Å². The second-order valence-corrected chi connectivity index (χ2v) is 10.3. The number of nitrogen functional groups attached to an aromatic ring is 2. The van der Waals surface area contributed by atoms with E-state index in [-0.39, 0.29) is 18.8 Å². The van der Waals surface area contributed by atoms with Crippen LogP contribution in [0.3, 0.4) is 0 Å². The normalized spacial score (nSPS) is 17.3. The van der Waals surface area contributed by atoms with Crippen LogP contribution in [-0.2, 0) is 0 Å². The van der Waals surface area contributed by atoms with Gasteiger partial charge in [-0.05, 0) is 56.8 Å². The number of aromatic nitrogens is 8. The summed E-state index contributed by atoms with van der Waals surface area (Å²) in [6, 6.07) is 3.66. The minimum atomic E-state index is -0.304. The smallest absolute Gasteiger partial charge is 0.254 e. The molecule has 6 heterocycles. The fourth-order valence-electron chi connectivity index (χ4n) is 4.19. The number of rotatable bonds is 5. The van der Waals surface area contributed by atoms with Crippen LogP contribution in [0.1, 0.15) is 12.8 Å². The van der Waals surface area contributed by atoms with Crippen molar-refractivity contribution in [2.45, 2.75) is 25.0 Å². The highest BCUT2D eigenvalue weighted by molar-refractivity contribution is 9.11. The lowest BCUT2D eigenvalue weighted by Gasteiger charge is -2.37. The first-order valence-corrected chi connectivity index (χ1v) is 13.4. The highest BCUT2D eigenvalue weighted by atomic mass is 79.9. The summed E-state index contributed by atoms with van der Waals surface area (Å²) >= 11 is 6.81. The maximum absolute atomic E-state index is 9.46. The zero-order chi connectivity index (χ0) is 26.8. The summed E-state index contributed by atoms with van der Waals surface area (Å²) in [6.45, 7) is 2.05. The standard InChI is InChI=1S/C12H15BrN6O.C10H11BrN6O/c13-9-10(14)16-12(19-6-2-4-15-19)17-11(9)18-5-1-3-8(18)7-20;11-7-8(12)14-10(17-3-1-2-13-17)15-9(7)16-4-6(18)5-16/h2,4,6,8,20H,1,3,5,7H2,(H2,14,16,17);1-3,6,18H,4-5H2,(H2,12,14,15). The van der Waals surface area contributed by atoms with Crippen LogP contribution in [0.2, 0.25) is 0 Å². The van der Waals surface area contributed by atoms with Gasteiger partial charge in [-0.1, -0.05) is 0 Å². The van der Waals surface area contributed by atoms with Crippen molar-refractivity contribution in [3.05, 3.63) is 45.9 Å². The third-order valence-corrected chi connectivity index (χ3v) is 7.66. The van der Waals surface area contributed by atoms with E-state index < -0.39 is 0 Å². The van der Waals surface area contributed by atoms with E-state index in [2.05, 4.69) is 66.9 Å². The lowest BCUT2D eigenvalue weighted by atomic mass is 10.2. The number of nitrogens with two attached hydrogens (primary N) is 2. The molecule has 0 aliphatic carbocycles. The molecule has 0 saturated carbocycles. The SMILES string of the molecule is Nc1nc(-n2cccn2)nc(N2CC(O)C2)c1Br.Nc1nc(-n2cccn2)nc(N2CCCC2CO)c1Br. The summed E-state index contributed by atoms with van der Waals surface area (Å²) in [5.41, 5.74) is 11.8. The van der Waals surface area contributed by atoms with E-state index in [0.29, 0.717) is 57.2 Å². The maximum atomic E-state index is 9.46. The number of aliphatic hydroxyl groups is 2. The van der Waals surface area contributed by atoms with Crippen LogP contribution < -0.4 is 21.3 Å². The molecule has 2 aliphatic rings. The maximum Gasteiger partial charge on any atom is 0.254 e. The monoisotopic (exact) mass is 648 g/mol. The van der Waals surface area contributed by atoms with Crippen molar-refractivity contribution in [2.75, 3.05) is 47.5 Å². The number of anilines is 4. The Balaban J connectivity index is 0.000000156. The molecule has 0 radical (unpaired) electrons. The van der Waals surface area contributed by atoms with Crippen molar-refractivity contribution in [2.24, 2.45) is 0 Å². The molecule has 4 aromatic rings. The molecule has 0 amide bonds. The van der Waals surface area contributed by atoms with Crippen molar-refractivity contribution in [3.8, 4) is 11.9 Å². The first-order chi connectivity index (χ1) is 18.4. The fraction of sp³-hybridized carbons (Fsp3) is 0.364. The molecule has 0 aromatic carbocycles. The first-order valence-electron chi connectivity index (χ1n) is 11.8. The zero-order valence-electron chi connectivity index (χ0n) is 20.1. The Morgan fingerprint density at radius 1 is 0.868 bits per heavy atom. The van der Waals surface area contributed by atoms with Gasteiger partial charge >= 0.3 is 0 Å². The number of hydrogen-bond acceptors (Lipinski definition) is 12. The van der Waals surface area contributed by atoms with Gasteiger partial charge in [-0.15, -0.1) is 0 Å². The molecular formula is C22H26Br2N12O2. The molecule has 16 heteroatoms.